The van der Waals surface area contributed by atoms with Crippen LogP contribution in [-0.2, 0) is 11.2 Å². The number of rotatable bonds is 9. The lowest BCUT2D eigenvalue weighted by Gasteiger charge is -2.14. The highest BCUT2D eigenvalue weighted by atomic mass is 19.4. The molecule has 1 heterocycles. The Morgan fingerprint density at radius 3 is 2.70 bits per heavy atom. The van der Waals surface area contributed by atoms with Gasteiger partial charge in [-0.05, 0) is 49.8 Å². The zero-order chi connectivity index (χ0) is 19.4. The molecule has 0 unspecified atom stereocenters. The number of aliphatic carboxylic acids is 1. The van der Waals surface area contributed by atoms with Crippen LogP contribution in [0, 0.1) is 5.92 Å². The van der Waals surface area contributed by atoms with Gasteiger partial charge in [-0.1, -0.05) is 0 Å². The van der Waals surface area contributed by atoms with Crippen LogP contribution in [0.3, 0.4) is 0 Å². The Morgan fingerprint density at radius 2 is 2.04 bits per heavy atom. The highest BCUT2D eigenvalue weighted by Crippen LogP contribution is 2.36. The fourth-order valence-corrected chi connectivity index (χ4v) is 2.31. The van der Waals surface area contributed by atoms with E-state index in [2.05, 4.69) is 4.98 Å². The first kappa shape index (κ1) is 19.1. The molecule has 27 heavy (non-hydrogen) atoms. The van der Waals surface area contributed by atoms with Gasteiger partial charge >= 0.3 is 6.18 Å². The molecule has 0 amide bonds. The lowest BCUT2D eigenvalue weighted by Crippen LogP contribution is -2.22. The van der Waals surface area contributed by atoms with Crippen LogP contribution < -0.4 is 14.6 Å². The topological polar surface area (TPSA) is 84.6 Å². The van der Waals surface area contributed by atoms with Crippen molar-refractivity contribution >= 4 is 5.97 Å². The quantitative estimate of drug-likeness (QED) is 0.661. The molecule has 9 heteroatoms. The van der Waals surface area contributed by atoms with E-state index in [0.717, 1.165) is 12.8 Å². The van der Waals surface area contributed by atoms with Crippen LogP contribution in [0.4, 0.5) is 13.2 Å². The third-order valence-electron chi connectivity index (χ3n) is 3.89. The number of benzene rings is 1. The van der Waals surface area contributed by atoms with E-state index >= 15 is 0 Å². The Hall–Kier alpha value is -2.71. The number of nitrogens with zero attached hydrogens (tertiary/aromatic N) is 1. The zero-order valence-electron chi connectivity index (χ0n) is 14.3. The maximum absolute atomic E-state index is 12.4. The average Bonchev–Trinajstić information content (AvgIpc) is 3.31. The van der Waals surface area contributed by atoms with Crippen LogP contribution in [-0.4, -0.2) is 30.3 Å². The van der Waals surface area contributed by atoms with Gasteiger partial charge in [0.25, 0.3) is 0 Å². The van der Waals surface area contributed by atoms with Crippen molar-refractivity contribution in [3.8, 4) is 23.0 Å². The Morgan fingerprint density at radius 1 is 1.26 bits per heavy atom. The molecular formula is C18H17F3NO5-. The van der Waals surface area contributed by atoms with Crippen LogP contribution in [0.5, 0.6) is 11.5 Å². The average molecular weight is 384 g/mol. The number of carboxylic acid groups (broad SMARTS) is 1. The summed E-state index contributed by atoms with van der Waals surface area (Å²) < 4.78 is 53.1. The predicted octanol–water partition coefficient (Wildman–Crippen LogP) is 2.75. The first-order valence-electron chi connectivity index (χ1n) is 8.41. The van der Waals surface area contributed by atoms with E-state index < -0.39 is 18.8 Å². The molecule has 146 valence electrons. The summed E-state index contributed by atoms with van der Waals surface area (Å²) in [5.41, 5.74) is 0.923. The number of carboxylic acids is 1. The number of carbonyl (C=O) groups is 1. The molecule has 1 aromatic carbocycles. The number of carbonyl (C=O) groups excluding carboxylic acids is 1. The smallest absolute Gasteiger partial charge is 0.422 e. The minimum atomic E-state index is -4.46. The maximum Gasteiger partial charge on any atom is 0.422 e. The molecule has 1 aliphatic rings. The van der Waals surface area contributed by atoms with Gasteiger partial charge in [-0.25, -0.2) is 4.98 Å². The third kappa shape index (κ3) is 5.90. The fourth-order valence-electron chi connectivity index (χ4n) is 2.31. The van der Waals surface area contributed by atoms with Crippen molar-refractivity contribution in [2.45, 2.75) is 31.9 Å². The number of halogens is 3. The molecule has 2 aromatic rings. The van der Waals surface area contributed by atoms with Crippen LogP contribution in [0.15, 0.2) is 28.9 Å². The number of aromatic nitrogens is 1. The van der Waals surface area contributed by atoms with Gasteiger partial charge in [0, 0.05) is 11.5 Å². The molecule has 1 aliphatic carbocycles. The first-order valence-corrected chi connectivity index (χ1v) is 8.41. The van der Waals surface area contributed by atoms with E-state index in [1.54, 1.807) is 0 Å². The van der Waals surface area contributed by atoms with Crippen molar-refractivity contribution < 1.29 is 37.0 Å². The molecule has 1 saturated carbocycles. The molecule has 1 fully saturated rings. The Bertz CT molecular complexity index is 799. The summed E-state index contributed by atoms with van der Waals surface area (Å²) in [7, 11) is 0. The summed E-state index contributed by atoms with van der Waals surface area (Å²) >= 11 is 0. The van der Waals surface area contributed by atoms with Crippen molar-refractivity contribution in [3.63, 3.8) is 0 Å². The first-order chi connectivity index (χ1) is 12.8. The largest absolute Gasteiger partial charge is 0.550 e. The number of aryl methyl sites for hydroxylation is 1. The normalized spacial score (nSPS) is 14.2. The fraction of sp³-hybridized carbons (Fsp3) is 0.444. The molecule has 6 nitrogen and oxygen atoms in total. The van der Waals surface area contributed by atoms with E-state index in [4.69, 9.17) is 13.9 Å². The number of ether oxygens (including phenoxy) is 2. The van der Waals surface area contributed by atoms with Gasteiger partial charge in [0.2, 0.25) is 5.89 Å². The van der Waals surface area contributed by atoms with Crippen LogP contribution >= 0.6 is 0 Å². The van der Waals surface area contributed by atoms with Gasteiger partial charge in [-0.2, -0.15) is 13.2 Å². The van der Waals surface area contributed by atoms with Gasteiger partial charge in [0.1, 0.15) is 6.26 Å². The van der Waals surface area contributed by atoms with Crippen LogP contribution in [0.1, 0.15) is 25.0 Å². The van der Waals surface area contributed by atoms with E-state index in [1.165, 1.54) is 24.5 Å². The predicted molar refractivity (Wildman–Crippen MR) is 85.0 cm³/mol. The standard InChI is InChI=1S/C18H18F3NO5/c19-18(20,21)10-27-14-5-3-12(7-15(14)25-8-11-1-2-11)17-22-13(9-26-17)4-6-16(23)24/h3,5,7,9,11H,1-2,4,6,8,10H2,(H,23,24)/p-1. The number of hydrogen-bond acceptors (Lipinski definition) is 6. The van der Waals surface area contributed by atoms with Crippen LogP contribution in [0.25, 0.3) is 11.5 Å². The van der Waals surface area contributed by atoms with Gasteiger partial charge in [-0.15, -0.1) is 0 Å². The lowest BCUT2D eigenvalue weighted by atomic mass is 10.2. The summed E-state index contributed by atoms with van der Waals surface area (Å²) in [4.78, 5) is 14.7. The Balaban J connectivity index is 1.76. The van der Waals surface area contributed by atoms with Crippen molar-refractivity contribution in [3.05, 3.63) is 30.2 Å². The van der Waals surface area contributed by atoms with Crippen molar-refractivity contribution in [2.24, 2.45) is 5.92 Å². The zero-order valence-corrected chi connectivity index (χ0v) is 14.3. The monoisotopic (exact) mass is 384 g/mol. The van der Waals surface area contributed by atoms with Gasteiger partial charge in [-0.3, -0.25) is 0 Å². The van der Waals surface area contributed by atoms with E-state index in [0.29, 0.717) is 23.8 Å². The minimum absolute atomic E-state index is 0.0135. The third-order valence-corrected chi connectivity index (χ3v) is 3.89. The second-order valence-corrected chi connectivity index (χ2v) is 6.34. The molecule has 0 radical (unpaired) electrons. The summed E-state index contributed by atoms with van der Waals surface area (Å²) in [5.74, 6) is -0.413. The maximum atomic E-state index is 12.4. The van der Waals surface area contributed by atoms with Gasteiger partial charge in [0.15, 0.2) is 18.1 Å². The number of oxazole rings is 1. The molecule has 3 rings (SSSR count). The summed E-state index contributed by atoms with van der Waals surface area (Å²) in [6, 6.07) is 4.38. The highest BCUT2D eigenvalue weighted by molar-refractivity contribution is 5.64. The van der Waals surface area contributed by atoms with Crippen molar-refractivity contribution in [1.29, 1.82) is 0 Å². The van der Waals surface area contributed by atoms with E-state index in [9.17, 15) is 23.1 Å². The molecule has 0 spiro atoms. The molecule has 0 N–H and O–H groups in total. The Labute approximate surface area is 152 Å². The van der Waals surface area contributed by atoms with Gasteiger partial charge < -0.3 is 23.8 Å². The number of hydrogen-bond donors (Lipinski definition) is 0. The summed E-state index contributed by atoms with van der Waals surface area (Å²) in [6.45, 7) is -1.02. The summed E-state index contributed by atoms with van der Waals surface area (Å²) in [6.07, 6.45) is -1.10. The summed E-state index contributed by atoms with van der Waals surface area (Å²) in [5, 5.41) is 10.5. The second-order valence-electron chi connectivity index (χ2n) is 6.34. The van der Waals surface area contributed by atoms with E-state index in [-0.39, 0.29) is 30.2 Å². The van der Waals surface area contributed by atoms with Gasteiger partial charge in [0.05, 0.1) is 12.3 Å². The molecular weight excluding hydrogens is 367 g/mol. The van der Waals surface area contributed by atoms with Crippen molar-refractivity contribution in [2.75, 3.05) is 13.2 Å². The molecule has 0 aliphatic heterocycles. The molecule has 0 saturated heterocycles. The van der Waals surface area contributed by atoms with Crippen molar-refractivity contribution in [1.82, 2.24) is 4.98 Å². The second kappa shape index (κ2) is 7.89. The minimum Gasteiger partial charge on any atom is -0.550 e. The molecule has 0 atom stereocenters. The molecule has 1 aromatic heterocycles. The van der Waals surface area contributed by atoms with E-state index in [1.807, 2.05) is 0 Å². The lowest BCUT2D eigenvalue weighted by molar-refractivity contribution is -0.305. The SMILES string of the molecule is O=C([O-])CCc1coc(-c2ccc(OCC(F)(F)F)c(OCC3CC3)c2)n1. The van der Waals surface area contributed by atoms with Crippen LogP contribution in [0.2, 0.25) is 0 Å². The Kier molecular flexibility index (Phi) is 5.57. The highest BCUT2D eigenvalue weighted by Gasteiger charge is 2.29. The molecule has 0 bridgehead atoms. The number of alkyl halides is 3.